The van der Waals surface area contributed by atoms with E-state index in [4.69, 9.17) is 16.3 Å². The third kappa shape index (κ3) is 3.27. The minimum Gasteiger partial charge on any atom is -0.464 e. The molecular weight excluding hydrogens is 284 g/mol. The van der Waals surface area contributed by atoms with Gasteiger partial charge in [0, 0.05) is 0 Å². The molecule has 0 amide bonds. The monoisotopic (exact) mass is 302 g/mol. The maximum atomic E-state index is 12.0. The highest BCUT2D eigenvalue weighted by molar-refractivity contribution is 6.33. The zero-order valence-corrected chi connectivity index (χ0v) is 13.3. The quantitative estimate of drug-likeness (QED) is 0.605. The Balaban J connectivity index is 2.38. The molecule has 0 spiro atoms. The van der Waals surface area contributed by atoms with Crippen molar-refractivity contribution in [1.29, 1.82) is 0 Å². The molecule has 0 N–H and O–H groups in total. The number of halogens is 1. The summed E-state index contributed by atoms with van der Waals surface area (Å²) in [4.78, 5) is 10.9. The molecule has 0 aromatic heterocycles. The smallest absolute Gasteiger partial charge is 0.331 e. The van der Waals surface area contributed by atoms with E-state index in [9.17, 15) is 4.79 Å². The lowest BCUT2D eigenvalue weighted by molar-refractivity contribution is -0.146. The molecule has 2 rings (SSSR count). The third-order valence-corrected chi connectivity index (χ3v) is 3.86. The lowest BCUT2D eigenvalue weighted by Crippen LogP contribution is -2.29. The normalized spacial score (nSPS) is 13.5. The molecule has 0 aliphatic rings. The van der Waals surface area contributed by atoms with Crippen molar-refractivity contribution in [3.05, 3.63) is 59.7 Å². The van der Waals surface area contributed by atoms with E-state index in [0.717, 1.165) is 22.3 Å². The highest BCUT2D eigenvalue weighted by Gasteiger charge is 2.35. The number of rotatable bonds is 4. The summed E-state index contributed by atoms with van der Waals surface area (Å²) < 4.78 is 5.06. The Bertz CT molecular complexity index is 633. The lowest BCUT2D eigenvalue weighted by atomic mass is 9.92. The van der Waals surface area contributed by atoms with Crippen LogP contribution in [0.1, 0.15) is 25.0 Å². The van der Waals surface area contributed by atoms with Gasteiger partial charge in [-0.3, -0.25) is 0 Å². The summed E-state index contributed by atoms with van der Waals surface area (Å²) in [6, 6.07) is 16.0. The van der Waals surface area contributed by atoms with Crippen LogP contribution in [-0.4, -0.2) is 12.6 Å². The van der Waals surface area contributed by atoms with Crippen molar-refractivity contribution in [2.45, 2.75) is 25.6 Å². The standard InChI is InChI=1S/C18H19ClO2/c1-4-21-17(20)18(3,19)16-11-10-15(12-13(16)2)14-8-6-5-7-9-14/h5-12H,4H2,1-3H3. The summed E-state index contributed by atoms with van der Waals surface area (Å²) in [5.74, 6) is -0.415. The van der Waals surface area contributed by atoms with Gasteiger partial charge in [0.1, 0.15) is 0 Å². The average molecular weight is 303 g/mol. The van der Waals surface area contributed by atoms with Crippen molar-refractivity contribution < 1.29 is 9.53 Å². The van der Waals surface area contributed by atoms with E-state index in [2.05, 4.69) is 12.1 Å². The van der Waals surface area contributed by atoms with Gasteiger partial charge in [0.05, 0.1) is 6.61 Å². The lowest BCUT2D eigenvalue weighted by Gasteiger charge is -2.23. The maximum absolute atomic E-state index is 12.0. The van der Waals surface area contributed by atoms with Crippen molar-refractivity contribution in [3.63, 3.8) is 0 Å². The summed E-state index contributed by atoms with van der Waals surface area (Å²) in [5, 5.41) is 0. The van der Waals surface area contributed by atoms with Gasteiger partial charge in [-0.15, -0.1) is 11.6 Å². The minimum absolute atomic E-state index is 0.322. The number of benzene rings is 2. The third-order valence-electron chi connectivity index (χ3n) is 3.50. The van der Waals surface area contributed by atoms with Crippen LogP contribution in [-0.2, 0) is 14.4 Å². The first-order chi connectivity index (χ1) is 9.96. The predicted molar refractivity (Wildman–Crippen MR) is 86.5 cm³/mol. The van der Waals surface area contributed by atoms with Crippen LogP contribution in [0.4, 0.5) is 0 Å². The van der Waals surface area contributed by atoms with Crippen LogP contribution in [0.25, 0.3) is 11.1 Å². The molecule has 2 aromatic carbocycles. The summed E-state index contributed by atoms with van der Waals surface area (Å²) in [7, 11) is 0. The van der Waals surface area contributed by atoms with Crippen LogP contribution in [0.3, 0.4) is 0 Å². The van der Waals surface area contributed by atoms with Crippen molar-refractivity contribution >= 4 is 17.6 Å². The van der Waals surface area contributed by atoms with E-state index < -0.39 is 10.8 Å². The number of esters is 1. The molecule has 3 heteroatoms. The molecule has 21 heavy (non-hydrogen) atoms. The molecular formula is C18H19ClO2. The van der Waals surface area contributed by atoms with Crippen LogP contribution in [0.5, 0.6) is 0 Å². The van der Waals surface area contributed by atoms with Crippen LogP contribution < -0.4 is 0 Å². The molecule has 0 saturated carbocycles. The molecule has 0 aliphatic carbocycles. The van der Waals surface area contributed by atoms with E-state index in [-0.39, 0.29) is 0 Å². The Hall–Kier alpha value is -1.80. The molecule has 0 saturated heterocycles. The van der Waals surface area contributed by atoms with Crippen LogP contribution in [0.15, 0.2) is 48.5 Å². The Morgan fingerprint density at radius 1 is 1.14 bits per heavy atom. The molecule has 0 bridgehead atoms. The Morgan fingerprint density at radius 2 is 1.81 bits per heavy atom. The summed E-state index contributed by atoms with van der Waals surface area (Å²) in [6.45, 7) is 5.73. The van der Waals surface area contributed by atoms with Crippen LogP contribution >= 0.6 is 11.6 Å². The van der Waals surface area contributed by atoms with Crippen molar-refractivity contribution in [2.75, 3.05) is 6.61 Å². The van der Waals surface area contributed by atoms with Gasteiger partial charge < -0.3 is 4.74 Å². The second-order valence-corrected chi connectivity index (χ2v) is 5.88. The SMILES string of the molecule is CCOC(=O)C(C)(Cl)c1ccc(-c2ccccc2)cc1C. The molecule has 110 valence electrons. The zero-order chi connectivity index (χ0) is 15.5. The van der Waals surface area contributed by atoms with Gasteiger partial charge in [0.25, 0.3) is 0 Å². The van der Waals surface area contributed by atoms with Crippen molar-refractivity contribution in [2.24, 2.45) is 0 Å². The number of carbonyl (C=O) groups excluding carboxylic acids is 1. The summed E-state index contributed by atoms with van der Waals surface area (Å²) in [5.41, 5.74) is 4.00. The molecule has 1 atom stereocenters. The average Bonchev–Trinajstić information content (AvgIpc) is 2.48. The van der Waals surface area contributed by atoms with Crippen molar-refractivity contribution in [1.82, 2.24) is 0 Å². The molecule has 0 fully saturated rings. The number of ether oxygens (including phenoxy) is 1. The largest absolute Gasteiger partial charge is 0.464 e. The molecule has 2 aromatic rings. The summed E-state index contributed by atoms with van der Waals surface area (Å²) in [6.07, 6.45) is 0. The topological polar surface area (TPSA) is 26.3 Å². The Kier molecular flexibility index (Phi) is 4.69. The Morgan fingerprint density at radius 3 is 2.38 bits per heavy atom. The molecule has 2 nitrogen and oxygen atoms in total. The van der Waals surface area contributed by atoms with Gasteiger partial charge in [0.15, 0.2) is 4.87 Å². The van der Waals surface area contributed by atoms with E-state index in [0.29, 0.717) is 6.61 Å². The fourth-order valence-electron chi connectivity index (χ4n) is 2.38. The van der Waals surface area contributed by atoms with E-state index >= 15 is 0 Å². The van der Waals surface area contributed by atoms with Gasteiger partial charge in [0.2, 0.25) is 0 Å². The predicted octanol–water partition coefficient (Wildman–Crippen LogP) is 4.68. The first-order valence-corrected chi connectivity index (χ1v) is 7.37. The number of aryl methyl sites for hydroxylation is 1. The number of carbonyl (C=O) groups is 1. The molecule has 0 heterocycles. The highest BCUT2D eigenvalue weighted by atomic mass is 35.5. The summed E-state index contributed by atoms with van der Waals surface area (Å²) >= 11 is 6.42. The first kappa shape index (κ1) is 15.6. The Labute approximate surface area is 130 Å². The fraction of sp³-hybridized carbons (Fsp3) is 0.278. The maximum Gasteiger partial charge on any atom is 0.331 e. The van der Waals surface area contributed by atoms with E-state index in [1.54, 1.807) is 13.8 Å². The zero-order valence-electron chi connectivity index (χ0n) is 12.5. The second-order valence-electron chi connectivity index (χ2n) is 5.12. The molecule has 0 radical (unpaired) electrons. The number of hydrogen-bond donors (Lipinski definition) is 0. The van der Waals surface area contributed by atoms with Gasteiger partial charge in [-0.05, 0) is 43.0 Å². The van der Waals surface area contributed by atoms with E-state index in [1.807, 2.05) is 43.3 Å². The van der Waals surface area contributed by atoms with Gasteiger partial charge in [-0.2, -0.15) is 0 Å². The second kappa shape index (κ2) is 6.31. The van der Waals surface area contributed by atoms with Crippen LogP contribution in [0.2, 0.25) is 0 Å². The van der Waals surface area contributed by atoms with Crippen molar-refractivity contribution in [3.8, 4) is 11.1 Å². The van der Waals surface area contributed by atoms with E-state index in [1.165, 1.54) is 0 Å². The molecule has 0 aliphatic heterocycles. The minimum atomic E-state index is -1.16. The first-order valence-electron chi connectivity index (χ1n) is 6.99. The number of hydrogen-bond acceptors (Lipinski definition) is 2. The highest BCUT2D eigenvalue weighted by Crippen LogP contribution is 2.34. The van der Waals surface area contributed by atoms with Gasteiger partial charge in [-0.25, -0.2) is 4.79 Å². The van der Waals surface area contributed by atoms with Crippen LogP contribution in [0, 0.1) is 6.92 Å². The molecule has 1 unspecified atom stereocenters. The van der Waals surface area contributed by atoms with Gasteiger partial charge in [-0.1, -0.05) is 48.5 Å². The number of alkyl halides is 1. The van der Waals surface area contributed by atoms with Gasteiger partial charge >= 0.3 is 5.97 Å². The fourth-order valence-corrected chi connectivity index (χ4v) is 2.64.